The highest BCUT2D eigenvalue weighted by molar-refractivity contribution is 9.10. The van der Waals surface area contributed by atoms with Crippen molar-refractivity contribution in [2.45, 2.75) is 24.5 Å². The number of anilines is 1. The van der Waals surface area contributed by atoms with Gasteiger partial charge < -0.3 is 44.9 Å². The number of nitrogens with zero attached hydrogens (tertiary/aromatic N) is 3. The molecule has 2 aromatic heterocycles. The fourth-order valence-corrected chi connectivity index (χ4v) is 7.03. The number of aliphatic hydroxyl groups excluding tert-OH is 1. The second kappa shape index (κ2) is 11.7. The molecule has 1 fully saturated rings. The molecule has 1 aliphatic heterocycles. The lowest BCUT2D eigenvalue weighted by molar-refractivity contribution is -0.0520. The minimum absolute atomic E-state index is 0.00278. The number of hydrogen-bond acceptors (Lipinski definition) is 14. The van der Waals surface area contributed by atoms with Crippen molar-refractivity contribution in [1.82, 2.24) is 19.5 Å². The van der Waals surface area contributed by atoms with Gasteiger partial charge in [0.15, 0.2) is 23.5 Å². The van der Waals surface area contributed by atoms with Gasteiger partial charge in [0.1, 0.15) is 12.2 Å². The molecule has 1 aromatic carbocycles. The van der Waals surface area contributed by atoms with E-state index in [0.29, 0.717) is 4.47 Å². The van der Waals surface area contributed by atoms with E-state index >= 15 is 0 Å². The molecule has 224 valence electrons. The minimum atomic E-state index is -5.83. The fourth-order valence-electron chi connectivity index (χ4n) is 3.64. The molecule has 3 aromatic rings. The molecule has 24 heteroatoms. The monoisotopic (exact) mass is 705 g/mol. The number of nitrogens with two attached hydrogens (primary N) is 1. The summed E-state index contributed by atoms with van der Waals surface area (Å²) in [6.45, 7) is -1.08. The Kier molecular flexibility index (Phi) is 9.04. The molecular formula is C17H19BrN5O15P3. The zero-order valence-electron chi connectivity index (χ0n) is 19.9. The first-order valence-electron chi connectivity index (χ1n) is 10.7. The minimum Gasteiger partial charge on any atom is -0.453 e. The van der Waals surface area contributed by atoms with E-state index in [-0.39, 0.29) is 22.4 Å². The van der Waals surface area contributed by atoms with Gasteiger partial charge in [-0.15, -0.1) is 0 Å². The summed E-state index contributed by atoms with van der Waals surface area (Å²) in [4.78, 5) is 71.7. The summed E-state index contributed by atoms with van der Waals surface area (Å²) in [5, 5.41) is 11.1. The van der Waals surface area contributed by atoms with E-state index in [4.69, 9.17) is 25.0 Å². The number of ether oxygens (including phenoxy) is 2. The number of aromatic nitrogens is 4. The van der Waals surface area contributed by atoms with Crippen molar-refractivity contribution in [2.75, 3.05) is 12.3 Å². The van der Waals surface area contributed by atoms with Gasteiger partial charge in [-0.1, -0.05) is 15.9 Å². The molecule has 6 unspecified atom stereocenters. The van der Waals surface area contributed by atoms with Crippen molar-refractivity contribution in [3.8, 4) is 0 Å². The topological polar surface area (TPSA) is 305 Å². The maximum absolute atomic E-state index is 12.9. The van der Waals surface area contributed by atoms with Crippen molar-refractivity contribution in [1.29, 1.82) is 0 Å². The molecular weight excluding hydrogens is 687 g/mol. The van der Waals surface area contributed by atoms with Gasteiger partial charge in [0.25, 0.3) is 5.56 Å². The zero-order valence-corrected chi connectivity index (χ0v) is 24.1. The number of nitrogen functional groups attached to an aromatic ring is 1. The summed E-state index contributed by atoms with van der Waals surface area (Å²) >= 11 is 3.18. The lowest BCUT2D eigenvalue weighted by Crippen LogP contribution is -2.38. The van der Waals surface area contributed by atoms with Gasteiger partial charge in [0, 0.05) is 10.2 Å². The zero-order chi connectivity index (χ0) is 30.3. The maximum Gasteiger partial charge on any atom is 0.490 e. The number of carbonyl (C=O) groups excluding carboxylic acids is 1. The van der Waals surface area contributed by atoms with Crippen molar-refractivity contribution in [2.24, 2.45) is 0 Å². The predicted octanol–water partition coefficient (Wildman–Crippen LogP) is 0.291. The van der Waals surface area contributed by atoms with Crippen LogP contribution < -0.4 is 11.3 Å². The van der Waals surface area contributed by atoms with Crippen LogP contribution in [0, 0.1) is 0 Å². The van der Waals surface area contributed by atoms with Crippen LogP contribution in [0.15, 0.2) is 40.1 Å². The molecule has 4 rings (SSSR count). The molecule has 0 amide bonds. The molecule has 8 N–H and O–H groups in total. The number of imidazole rings is 1. The third-order valence-electron chi connectivity index (χ3n) is 5.24. The maximum atomic E-state index is 12.9. The van der Waals surface area contributed by atoms with Crippen LogP contribution in [0.25, 0.3) is 11.2 Å². The van der Waals surface area contributed by atoms with E-state index in [1.807, 2.05) is 0 Å². The number of halogens is 1. The highest BCUT2D eigenvalue weighted by Gasteiger charge is 2.50. The van der Waals surface area contributed by atoms with Crippen LogP contribution in [0.1, 0.15) is 16.6 Å². The van der Waals surface area contributed by atoms with Gasteiger partial charge in [-0.2, -0.15) is 8.62 Å². The van der Waals surface area contributed by atoms with Crippen LogP contribution in [0.4, 0.5) is 5.69 Å². The fraction of sp³-hybridized carbons (Fsp3) is 0.294. The van der Waals surface area contributed by atoms with Crippen LogP contribution in [-0.4, -0.2) is 75.1 Å². The van der Waals surface area contributed by atoms with E-state index in [1.165, 1.54) is 12.1 Å². The number of esters is 1. The first-order chi connectivity index (χ1) is 19.0. The van der Waals surface area contributed by atoms with E-state index < -0.39 is 66.1 Å². The van der Waals surface area contributed by atoms with Gasteiger partial charge >= 0.3 is 29.4 Å². The molecule has 20 nitrogen and oxygen atoms in total. The molecule has 6 atom stereocenters. The number of carbonyl (C=O) groups is 1. The smallest absolute Gasteiger partial charge is 0.453 e. The Hall–Kier alpha value is -2.35. The number of aliphatic hydroxyl groups is 1. The number of nitrogens with one attached hydrogen (secondary N) is 1. The van der Waals surface area contributed by atoms with Crippen molar-refractivity contribution in [3.63, 3.8) is 0 Å². The molecule has 0 radical (unpaired) electrons. The average Bonchev–Trinajstić information content (AvgIpc) is 3.39. The molecule has 0 bridgehead atoms. The SMILES string of the molecule is Nc1ccc(Br)cc1C(=O)OC1C(COP(=O)(O)OP(=O)(O)OP(=O)(O)O)OC(n2cnc3c(=O)[nH]cnc32)C1O. The first kappa shape index (κ1) is 31.6. The second-order valence-electron chi connectivity index (χ2n) is 8.10. The highest BCUT2D eigenvalue weighted by Crippen LogP contribution is 2.66. The summed E-state index contributed by atoms with van der Waals surface area (Å²) < 4.78 is 59.3. The van der Waals surface area contributed by atoms with E-state index in [9.17, 15) is 38.2 Å². The predicted molar refractivity (Wildman–Crippen MR) is 136 cm³/mol. The van der Waals surface area contributed by atoms with E-state index in [1.54, 1.807) is 6.07 Å². The van der Waals surface area contributed by atoms with E-state index in [0.717, 1.165) is 17.2 Å². The number of phosphoric ester groups is 1. The molecule has 0 saturated carbocycles. The Morgan fingerprint density at radius 2 is 1.85 bits per heavy atom. The number of benzene rings is 1. The second-order valence-corrected chi connectivity index (χ2v) is 13.4. The third-order valence-corrected chi connectivity index (χ3v) is 9.54. The Balaban J connectivity index is 1.61. The lowest BCUT2D eigenvalue weighted by atomic mass is 10.1. The Morgan fingerprint density at radius 1 is 1.15 bits per heavy atom. The number of rotatable bonds is 10. The Morgan fingerprint density at radius 3 is 2.54 bits per heavy atom. The number of H-pyrrole nitrogens is 1. The highest BCUT2D eigenvalue weighted by atomic mass is 79.9. The van der Waals surface area contributed by atoms with E-state index in [2.05, 4.69) is 44.0 Å². The molecule has 3 heterocycles. The third kappa shape index (κ3) is 7.54. The normalized spacial score (nSPS) is 24.1. The van der Waals surface area contributed by atoms with Crippen molar-refractivity contribution in [3.05, 3.63) is 51.2 Å². The van der Waals surface area contributed by atoms with Gasteiger partial charge in [0.05, 0.1) is 24.8 Å². The summed E-state index contributed by atoms with van der Waals surface area (Å²) in [6, 6.07) is 4.25. The largest absolute Gasteiger partial charge is 0.490 e. The average molecular weight is 706 g/mol. The lowest BCUT2D eigenvalue weighted by Gasteiger charge is -2.22. The molecule has 0 aliphatic carbocycles. The van der Waals surface area contributed by atoms with Crippen LogP contribution in [0.2, 0.25) is 0 Å². The van der Waals surface area contributed by atoms with Gasteiger partial charge in [0.2, 0.25) is 0 Å². The first-order valence-corrected chi connectivity index (χ1v) is 16.1. The van der Waals surface area contributed by atoms with Crippen molar-refractivity contribution >= 4 is 62.2 Å². The summed E-state index contributed by atoms with van der Waals surface area (Å²) in [6.07, 6.45) is -4.42. The number of fused-ring (bicyclic) bond motifs is 1. The Labute approximate surface area is 235 Å². The van der Waals surface area contributed by atoms with Gasteiger partial charge in [-0.3, -0.25) is 13.9 Å². The van der Waals surface area contributed by atoms with Crippen LogP contribution in [0.3, 0.4) is 0 Å². The van der Waals surface area contributed by atoms with Gasteiger partial charge in [-0.25, -0.2) is 28.5 Å². The van der Waals surface area contributed by atoms with Crippen LogP contribution in [0.5, 0.6) is 0 Å². The molecule has 0 spiro atoms. The Bertz CT molecular complexity index is 1680. The van der Waals surface area contributed by atoms with Crippen molar-refractivity contribution < 1.29 is 65.8 Å². The van der Waals surface area contributed by atoms with Gasteiger partial charge in [-0.05, 0) is 18.2 Å². The summed E-state index contributed by atoms with van der Waals surface area (Å²) in [5.74, 6) is -1.06. The number of aromatic amines is 1. The van der Waals surface area contributed by atoms with Crippen LogP contribution in [-0.2, 0) is 36.3 Å². The molecule has 1 saturated heterocycles. The number of hydrogen-bond donors (Lipinski definition) is 7. The van der Waals surface area contributed by atoms with Crippen LogP contribution >= 0.6 is 39.4 Å². The summed E-state index contributed by atoms with van der Waals surface area (Å²) in [5.41, 5.74) is 4.86. The standard InChI is InChI=1S/C17H19BrN5O15P3/c18-7-1-2-9(19)8(3-7)17(26)36-13-10(4-34-40(30,31)38-41(32,33)37-39(27,28)29)35-16(12(13)24)23-6-22-11-14(23)20-5-21-15(11)25/h1-3,5-6,10,12-13,16,24H,4,19H2,(H,30,31)(H,32,33)(H,20,21,25)(H2,27,28,29). The summed E-state index contributed by atoms with van der Waals surface area (Å²) in [7, 11) is -17.1. The molecule has 1 aliphatic rings. The number of phosphoric acid groups is 3. The molecule has 41 heavy (non-hydrogen) atoms. The quantitative estimate of drug-likeness (QED) is 0.0846.